The van der Waals surface area contributed by atoms with Crippen LogP contribution in [-0.2, 0) is 14.3 Å². The fourth-order valence-corrected chi connectivity index (χ4v) is 6.31. The number of aliphatic hydroxyl groups excluding tert-OH is 1. The Bertz CT molecular complexity index is 687. The number of rotatable bonds is 40. The maximum atomic E-state index is 12.0. The van der Waals surface area contributed by atoms with Crippen molar-refractivity contribution in [2.24, 2.45) is 0 Å². The third kappa shape index (κ3) is 37.9. The van der Waals surface area contributed by atoms with E-state index in [1.54, 1.807) is 0 Å². The lowest BCUT2D eigenvalue weighted by Crippen LogP contribution is -2.29. The average molecular weight is 692 g/mol. The second-order valence-electron chi connectivity index (χ2n) is 14.4. The fraction of sp³-hybridized carbons (Fsp3) is 0.886. The number of esters is 1. The maximum absolute atomic E-state index is 12.0. The second kappa shape index (κ2) is 41.3. The van der Waals surface area contributed by atoms with E-state index in [-0.39, 0.29) is 12.6 Å². The molecule has 0 bridgehead atoms. The normalized spacial score (nSPS) is 12.0. The zero-order valence-electron chi connectivity index (χ0n) is 33.3. The van der Waals surface area contributed by atoms with Crippen molar-refractivity contribution in [1.82, 2.24) is 4.90 Å². The minimum absolute atomic E-state index is 0.0181. The number of hydrogen-bond donors (Lipinski definition) is 1. The summed E-state index contributed by atoms with van der Waals surface area (Å²) in [6, 6.07) is 0. The number of nitrogens with zero attached hydrogens (tertiary/aromatic N) is 1. The number of hydrogen-bond acceptors (Lipinski definition) is 5. The van der Waals surface area contributed by atoms with E-state index in [9.17, 15) is 9.90 Å². The zero-order valence-corrected chi connectivity index (χ0v) is 33.3. The molecule has 0 aliphatic rings. The Labute approximate surface area is 306 Å². The summed E-state index contributed by atoms with van der Waals surface area (Å²) in [7, 11) is 0. The van der Waals surface area contributed by atoms with Crippen LogP contribution in [0, 0.1) is 0 Å². The molecule has 0 aromatic carbocycles. The minimum atomic E-state index is -0.0181. The first-order chi connectivity index (χ1) is 24.2. The Balaban J connectivity index is 3.87. The standard InChI is InChI=1S/C44H85NO4/c1-4-7-10-13-17-26-33-42-49-44(47)36-29-22-19-24-31-38-45(39-40-46)37-30-23-16-18-25-32-41-48-43(34-27-20-14-11-8-5-2)35-28-21-15-12-9-6-3/h14-15,20-21,43,46H,4-13,16-19,22-42H2,1-3H3/b20-14-,21-15-. The summed E-state index contributed by atoms with van der Waals surface area (Å²) >= 11 is 0. The topological polar surface area (TPSA) is 59.0 Å². The molecule has 0 aliphatic carbocycles. The van der Waals surface area contributed by atoms with E-state index in [1.165, 1.54) is 135 Å². The molecule has 5 heteroatoms. The van der Waals surface area contributed by atoms with E-state index in [0.29, 0.717) is 19.1 Å². The van der Waals surface area contributed by atoms with Crippen LogP contribution in [0.15, 0.2) is 24.3 Å². The van der Waals surface area contributed by atoms with Gasteiger partial charge < -0.3 is 19.5 Å². The van der Waals surface area contributed by atoms with Gasteiger partial charge in [0.2, 0.25) is 0 Å². The van der Waals surface area contributed by atoms with Gasteiger partial charge in [-0.2, -0.15) is 0 Å². The van der Waals surface area contributed by atoms with Gasteiger partial charge in [0.1, 0.15) is 0 Å². The van der Waals surface area contributed by atoms with Crippen LogP contribution < -0.4 is 0 Å². The molecular formula is C44H85NO4. The first kappa shape index (κ1) is 47.8. The van der Waals surface area contributed by atoms with Crippen LogP contribution in [0.25, 0.3) is 0 Å². The highest BCUT2D eigenvalue weighted by Gasteiger charge is 2.08. The Morgan fingerprint density at radius 3 is 1.51 bits per heavy atom. The van der Waals surface area contributed by atoms with Gasteiger partial charge in [-0.25, -0.2) is 0 Å². The van der Waals surface area contributed by atoms with Gasteiger partial charge in [0.15, 0.2) is 0 Å². The molecule has 0 spiro atoms. The lowest BCUT2D eigenvalue weighted by Gasteiger charge is -2.21. The van der Waals surface area contributed by atoms with E-state index in [1.807, 2.05) is 0 Å². The minimum Gasteiger partial charge on any atom is -0.466 e. The highest BCUT2D eigenvalue weighted by Crippen LogP contribution is 2.15. The molecule has 0 aromatic rings. The van der Waals surface area contributed by atoms with Gasteiger partial charge in [0.25, 0.3) is 0 Å². The Morgan fingerprint density at radius 2 is 0.980 bits per heavy atom. The van der Waals surface area contributed by atoms with E-state index in [4.69, 9.17) is 9.47 Å². The summed E-state index contributed by atoms with van der Waals surface area (Å²) in [5.74, 6) is -0.0181. The SMILES string of the molecule is CCCC/C=C\CCC(CC/C=C\CCCC)OCCCCCCCCN(CCO)CCCCCCCC(=O)OCCCCCCCCC. The summed E-state index contributed by atoms with van der Waals surface area (Å²) in [5.41, 5.74) is 0. The first-order valence-corrected chi connectivity index (χ1v) is 21.6. The third-order valence-electron chi connectivity index (χ3n) is 9.60. The molecule has 5 nitrogen and oxygen atoms in total. The molecule has 0 heterocycles. The molecule has 0 aromatic heterocycles. The highest BCUT2D eigenvalue weighted by molar-refractivity contribution is 5.69. The Morgan fingerprint density at radius 1 is 0.531 bits per heavy atom. The predicted octanol–water partition coefficient (Wildman–Crippen LogP) is 12.7. The summed E-state index contributed by atoms with van der Waals surface area (Å²) in [4.78, 5) is 14.4. The zero-order chi connectivity index (χ0) is 35.7. The summed E-state index contributed by atoms with van der Waals surface area (Å²) in [5, 5.41) is 9.54. The fourth-order valence-electron chi connectivity index (χ4n) is 6.31. The van der Waals surface area contributed by atoms with Gasteiger partial charge in [-0.3, -0.25) is 4.79 Å². The molecule has 0 saturated heterocycles. The molecule has 0 radical (unpaired) electrons. The van der Waals surface area contributed by atoms with Gasteiger partial charge in [-0.05, 0) is 83.7 Å². The van der Waals surface area contributed by atoms with Crippen LogP contribution in [0.2, 0.25) is 0 Å². The largest absolute Gasteiger partial charge is 0.466 e. The number of allylic oxidation sites excluding steroid dienone is 4. The molecule has 0 saturated carbocycles. The molecule has 49 heavy (non-hydrogen) atoms. The first-order valence-electron chi connectivity index (χ1n) is 21.6. The molecule has 0 atom stereocenters. The smallest absolute Gasteiger partial charge is 0.305 e. The van der Waals surface area contributed by atoms with Crippen molar-refractivity contribution >= 4 is 5.97 Å². The van der Waals surface area contributed by atoms with E-state index in [0.717, 1.165) is 71.2 Å². The van der Waals surface area contributed by atoms with Gasteiger partial charge in [-0.15, -0.1) is 0 Å². The molecule has 0 unspecified atom stereocenters. The van der Waals surface area contributed by atoms with Crippen molar-refractivity contribution in [3.63, 3.8) is 0 Å². The summed E-state index contributed by atoms with van der Waals surface area (Å²) in [6.07, 6.45) is 44.3. The molecule has 0 amide bonds. The van der Waals surface area contributed by atoms with E-state index >= 15 is 0 Å². The van der Waals surface area contributed by atoms with Crippen LogP contribution in [0.5, 0.6) is 0 Å². The molecule has 1 N–H and O–H groups in total. The molecule has 0 fully saturated rings. The maximum Gasteiger partial charge on any atom is 0.305 e. The summed E-state index contributed by atoms with van der Waals surface area (Å²) in [6.45, 7) is 11.4. The predicted molar refractivity (Wildman–Crippen MR) is 213 cm³/mol. The number of carbonyl (C=O) groups excluding carboxylic acids is 1. The van der Waals surface area contributed by atoms with E-state index in [2.05, 4.69) is 50.0 Å². The van der Waals surface area contributed by atoms with Crippen molar-refractivity contribution in [1.29, 1.82) is 0 Å². The Hall–Kier alpha value is -1.17. The number of aliphatic hydroxyl groups is 1. The third-order valence-corrected chi connectivity index (χ3v) is 9.60. The summed E-state index contributed by atoms with van der Waals surface area (Å²) < 4.78 is 11.8. The quantitative estimate of drug-likeness (QED) is 0.0394. The van der Waals surface area contributed by atoms with Crippen molar-refractivity contribution in [3.8, 4) is 0 Å². The van der Waals surface area contributed by atoms with Crippen molar-refractivity contribution in [2.45, 2.75) is 213 Å². The van der Waals surface area contributed by atoms with Gasteiger partial charge >= 0.3 is 5.97 Å². The van der Waals surface area contributed by atoms with E-state index < -0.39 is 0 Å². The molecular weight excluding hydrogens is 606 g/mol. The lowest BCUT2D eigenvalue weighted by atomic mass is 10.1. The van der Waals surface area contributed by atoms with Crippen LogP contribution >= 0.6 is 0 Å². The Kier molecular flexibility index (Phi) is 40.3. The highest BCUT2D eigenvalue weighted by atomic mass is 16.5. The van der Waals surface area contributed by atoms with Crippen molar-refractivity contribution in [2.75, 3.05) is 39.5 Å². The van der Waals surface area contributed by atoms with Crippen LogP contribution in [-0.4, -0.2) is 61.5 Å². The van der Waals surface area contributed by atoms with Crippen molar-refractivity contribution < 1.29 is 19.4 Å². The lowest BCUT2D eigenvalue weighted by molar-refractivity contribution is -0.143. The second-order valence-corrected chi connectivity index (χ2v) is 14.4. The van der Waals surface area contributed by atoms with Crippen LogP contribution in [0.4, 0.5) is 0 Å². The van der Waals surface area contributed by atoms with Gasteiger partial charge in [0, 0.05) is 19.6 Å². The van der Waals surface area contributed by atoms with Gasteiger partial charge in [0.05, 0.1) is 19.3 Å². The molecule has 290 valence electrons. The van der Waals surface area contributed by atoms with Crippen molar-refractivity contribution in [3.05, 3.63) is 24.3 Å². The molecule has 0 rings (SSSR count). The number of unbranched alkanes of at least 4 members (excludes halogenated alkanes) is 19. The van der Waals surface area contributed by atoms with Gasteiger partial charge in [-0.1, -0.05) is 154 Å². The average Bonchev–Trinajstić information content (AvgIpc) is 3.10. The molecule has 0 aliphatic heterocycles. The monoisotopic (exact) mass is 692 g/mol. The number of ether oxygens (including phenoxy) is 2. The van der Waals surface area contributed by atoms with Crippen LogP contribution in [0.1, 0.15) is 207 Å². The number of carbonyl (C=O) groups is 1. The van der Waals surface area contributed by atoms with Crippen LogP contribution in [0.3, 0.4) is 0 Å².